The molecule has 3 N–H and O–H groups in total. The molecule has 0 aliphatic carbocycles. The number of carbonyl (C=O) groups excluding carboxylic acids is 1. The summed E-state index contributed by atoms with van der Waals surface area (Å²) in [5.74, 6) is -0.388. The molecule has 112 valence electrons. The summed E-state index contributed by atoms with van der Waals surface area (Å²) in [7, 11) is 0. The Kier molecular flexibility index (Phi) is 6.01. The monoisotopic (exact) mass is 352 g/mol. The highest BCUT2D eigenvalue weighted by molar-refractivity contribution is 9.10. The lowest BCUT2D eigenvalue weighted by Crippen LogP contribution is -2.27. The second-order valence-corrected chi connectivity index (χ2v) is 5.35. The Labute approximate surface area is 123 Å². The highest BCUT2D eigenvalue weighted by atomic mass is 79.9. The van der Waals surface area contributed by atoms with Crippen LogP contribution in [-0.2, 0) is 11.0 Å². The summed E-state index contributed by atoms with van der Waals surface area (Å²) < 4.78 is 38.1. The Hall–Kier alpha value is -1.08. The fraction of sp³-hybridized carbons (Fsp3) is 0.462. The molecule has 0 radical (unpaired) electrons. The third kappa shape index (κ3) is 5.13. The number of hydrogen-bond donors (Lipinski definition) is 2. The smallest absolute Gasteiger partial charge is 0.327 e. The SMILES string of the molecule is CCCC(N)CC(=O)Nc1ccc(Br)c(C(F)(F)F)c1. The molecule has 20 heavy (non-hydrogen) atoms. The Morgan fingerprint density at radius 2 is 2.10 bits per heavy atom. The number of benzene rings is 1. The standard InChI is InChI=1S/C13H16BrF3N2O/c1-2-3-8(18)6-12(20)19-9-4-5-11(14)10(7-9)13(15,16)17/h4-5,7-8H,2-3,6,18H2,1H3,(H,19,20). The molecule has 7 heteroatoms. The number of nitrogens with one attached hydrogen (secondary N) is 1. The summed E-state index contributed by atoms with van der Waals surface area (Å²) in [5, 5.41) is 2.43. The number of alkyl halides is 3. The van der Waals surface area contributed by atoms with Gasteiger partial charge in [0.25, 0.3) is 0 Å². The maximum Gasteiger partial charge on any atom is 0.417 e. The Morgan fingerprint density at radius 3 is 2.65 bits per heavy atom. The predicted octanol–water partition coefficient (Wildman–Crippen LogP) is 3.92. The van der Waals surface area contributed by atoms with Crippen LogP contribution in [0.1, 0.15) is 31.7 Å². The summed E-state index contributed by atoms with van der Waals surface area (Å²) >= 11 is 2.84. The zero-order chi connectivity index (χ0) is 15.3. The molecule has 0 heterocycles. The molecular formula is C13H16BrF3N2O. The Bertz CT molecular complexity index is 477. The zero-order valence-electron chi connectivity index (χ0n) is 10.9. The summed E-state index contributed by atoms with van der Waals surface area (Å²) in [6.45, 7) is 1.95. The van der Waals surface area contributed by atoms with E-state index in [4.69, 9.17) is 5.73 Å². The van der Waals surface area contributed by atoms with E-state index < -0.39 is 11.7 Å². The highest BCUT2D eigenvalue weighted by Gasteiger charge is 2.33. The molecule has 1 rings (SSSR count). The molecule has 0 aromatic heterocycles. The number of amides is 1. The number of halogens is 4. The Balaban J connectivity index is 2.76. The van der Waals surface area contributed by atoms with E-state index in [0.29, 0.717) is 6.42 Å². The summed E-state index contributed by atoms with van der Waals surface area (Å²) in [6, 6.07) is 3.28. The van der Waals surface area contributed by atoms with Crippen molar-refractivity contribution in [1.29, 1.82) is 0 Å². The van der Waals surface area contributed by atoms with Crippen LogP contribution < -0.4 is 11.1 Å². The van der Waals surface area contributed by atoms with Gasteiger partial charge in [-0.15, -0.1) is 0 Å². The van der Waals surface area contributed by atoms with Gasteiger partial charge in [-0.2, -0.15) is 13.2 Å². The fourth-order valence-electron chi connectivity index (χ4n) is 1.74. The molecule has 0 aliphatic rings. The van der Waals surface area contributed by atoms with Crippen molar-refractivity contribution in [3.8, 4) is 0 Å². The van der Waals surface area contributed by atoms with Crippen LogP contribution in [0.4, 0.5) is 18.9 Å². The van der Waals surface area contributed by atoms with Gasteiger partial charge in [0.2, 0.25) is 5.91 Å². The van der Waals surface area contributed by atoms with E-state index in [1.807, 2.05) is 6.92 Å². The van der Waals surface area contributed by atoms with Gasteiger partial charge < -0.3 is 11.1 Å². The third-order valence-corrected chi connectivity index (χ3v) is 3.35. The van der Waals surface area contributed by atoms with Crippen LogP contribution in [0.3, 0.4) is 0 Å². The van der Waals surface area contributed by atoms with Gasteiger partial charge in [0, 0.05) is 22.6 Å². The van der Waals surface area contributed by atoms with Crippen molar-refractivity contribution in [2.24, 2.45) is 5.73 Å². The molecule has 1 amide bonds. The largest absolute Gasteiger partial charge is 0.417 e. The maximum absolute atomic E-state index is 12.7. The topological polar surface area (TPSA) is 55.1 Å². The molecule has 0 fully saturated rings. The van der Waals surface area contributed by atoms with E-state index in [-0.39, 0.29) is 28.5 Å². The number of nitrogens with two attached hydrogens (primary N) is 1. The van der Waals surface area contributed by atoms with Gasteiger partial charge in [0.1, 0.15) is 0 Å². The van der Waals surface area contributed by atoms with Crippen LogP contribution in [-0.4, -0.2) is 11.9 Å². The van der Waals surface area contributed by atoms with Gasteiger partial charge in [0.05, 0.1) is 5.56 Å². The molecule has 1 unspecified atom stereocenters. The number of rotatable bonds is 5. The van der Waals surface area contributed by atoms with Crippen molar-refractivity contribution in [1.82, 2.24) is 0 Å². The number of carbonyl (C=O) groups is 1. The molecule has 3 nitrogen and oxygen atoms in total. The minimum absolute atomic E-state index is 0.0642. The van der Waals surface area contributed by atoms with E-state index in [0.717, 1.165) is 12.5 Å². The van der Waals surface area contributed by atoms with Gasteiger partial charge >= 0.3 is 6.18 Å². The van der Waals surface area contributed by atoms with E-state index in [2.05, 4.69) is 21.2 Å². The van der Waals surface area contributed by atoms with Crippen molar-refractivity contribution in [3.63, 3.8) is 0 Å². The van der Waals surface area contributed by atoms with Crippen LogP contribution in [0, 0.1) is 0 Å². The predicted molar refractivity (Wildman–Crippen MR) is 75.3 cm³/mol. The second kappa shape index (κ2) is 7.08. The summed E-state index contributed by atoms with van der Waals surface area (Å²) in [6.07, 6.45) is -2.84. The van der Waals surface area contributed by atoms with E-state index in [9.17, 15) is 18.0 Å². The normalized spacial score (nSPS) is 13.1. The van der Waals surface area contributed by atoms with Gasteiger partial charge in [0.15, 0.2) is 0 Å². The van der Waals surface area contributed by atoms with Gasteiger partial charge in [-0.05, 0) is 24.6 Å². The van der Waals surface area contributed by atoms with Crippen molar-refractivity contribution in [2.75, 3.05) is 5.32 Å². The third-order valence-electron chi connectivity index (χ3n) is 2.66. The van der Waals surface area contributed by atoms with Gasteiger partial charge in [-0.25, -0.2) is 0 Å². The number of hydrogen-bond acceptors (Lipinski definition) is 2. The molecule has 0 spiro atoms. The van der Waals surface area contributed by atoms with E-state index in [1.54, 1.807) is 0 Å². The minimum atomic E-state index is -4.47. The molecular weight excluding hydrogens is 337 g/mol. The fourth-order valence-corrected chi connectivity index (χ4v) is 2.21. The first-order valence-corrected chi connectivity index (χ1v) is 6.95. The van der Waals surface area contributed by atoms with Gasteiger partial charge in [-0.1, -0.05) is 29.3 Å². The number of anilines is 1. The van der Waals surface area contributed by atoms with Crippen molar-refractivity contribution < 1.29 is 18.0 Å². The van der Waals surface area contributed by atoms with Crippen molar-refractivity contribution in [3.05, 3.63) is 28.2 Å². The van der Waals surface area contributed by atoms with E-state index in [1.165, 1.54) is 12.1 Å². The van der Waals surface area contributed by atoms with Crippen LogP contribution in [0.15, 0.2) is 22.7 Å². The van der Waals surface area contributed by atoms with Gasteiger partial charge in [-0.3, -0.25) is 4.79 Å². The Morgan fingerprint density at radius 1 is 1.45 bits per heavy atom. The maximum atomic E-state index is 12.7. The average molecular weight is 353 g/mol. The first-order valence-electron chi connectivity index (χ1n) is 6.16. The first-order chi connectivity index (χ1) is 9.24. The lowest BCUT2D eigenvalue weighted by Gasteiger charge is -2.13. The molecule has 0 saturated carbocycles. The van der Waals surface area contributed by atoms with Crippen LogP contribution in [0.5, 0.6) is 0 Å². The molecule has 1 aromatic carbocycles. The van der Waals surface area contributed by atoms with Crippen molar-refractivity contribution >= 4 is 27.5 Å². The van der Waals surface area contributed by atoms with Crippen LogP contribution >= 0.6 is 15.9 Å². The van der Waals surface area contributed by atoms with Crippen LogP contribution in [0.25, 0.3) is 0 Å². The molecule has 0 aliphatic heterocycles. The minimum Gasteiger partial charge on any atom is -0.327 e. The lowest BCUT2D eigenvalue weighted by molar-refractivity contribution is -0.138. The highest BCUT2D eigenvalue weighted by Crippen LogP contribution is 2.36. The summed E-state index contributed by atoms with van der Waals surface area (Å²) in [5.41, 5.74) is 4.99. The lowest BCUT2D eigenvalue weighted by atomic mass is 10.1. The summed E-state index contributed by atoms with van der Waals surface area (Å²) in [4.78, 5) is 11.7. The molecule has 0 bridgehead atoms. The van der Waals surface area contributed by atoms with Crippen molar-refractivity contribution in [2.45, 2.75) is 38.4 Å². The molecule has 1 aromatic rings. The van der Waals surface area contributed by atoms with Crippen LogP contribution in [0.2, 0.25) is 0 Å². The molecule has 0 saturated heterocycles. The van der Waals surface area contributed by atoms with E-state index >= 15 is 0 Å². The molecule has 1 atom stereocenters. The quantitative estimate of drug-likeness (QED) is 0.843. The second-order valence-electron chi connectivity index (χ2n) is 4.49. The zero-order valence-corrected chi connectivity index (χ0v) is 12.5. The first kappa shape index (κ1) is 17.0. The average Bonchev–Trinajstić information content (AvgIpc) is 2.30.